The van der Waals surface area contributed by atoms with E-state index in [0.29, 0.717) is 6.04 Å². The van der Waals surface area contributed by atoms with Gasteiger partial charge in [-0.25, -0.2) is 0 Å². The molecule has 1 aromatic rings. The van der Waals surface area contributed by atoms with E-state index >= 15 is 0 Å². The van der Waals surface area contributed by atoms with E-state index in [1.165, 1.54) is 16.0 Å². The SMILES string of the molecule is C=C(C)C[C@H](c1sccc1C)N1CCNCC1.Cl.Cl. The highest BCUT2D eigenvalue weighted by Gasteiger charge is 2.24. The van der Waals surface area contributed by atoms with Crippen molar-refractivity contribution in [2.24, 2.45) is 0 Å². The summed E-state index contributed by atoms with van der Waals surface area (Å²) in [5.41, 5.74) is 2.71. The highest BCUT2D eigenvalue weighted by Crippen LogP contribution is 2.33. The fourth-order valence-corrected chi connectivity index (χ4v) is 3.50. The Kier molecular flexibility index (Phi) is 8.95. The van der Waals surface area contributed by atoms with Crippen molar-refractivity contribution in [3.05, 3.63) is 34.0 Å². The van der Waals surface area contributed by atoms with Crippen LogP contribution in [0.2, 0.25) is 0 Å². The van der Waals surface area contributed by atoms with Gasteiger partial charge in [-0.05, 0) is 37.3 Å². The number of aryl methyl sites for hydroxylation is 1. The number of hydrogen-bond acceptors (Lipinski definition) is 3. The van der Waals surface area contributed by atoms with E-state index < -0.39 is 0 Å². The number of nitrogens with zero attached hydrogens (tertiary/aromatic N) is 1. The van der Waals surface area contributed by atoms with E-state index in [4.69, 9.17) is 0 Å². The average molecular weight is 323 g/mol. The third-order valence-electron chi connectivity index (χ3n) is 3.34. The monoisotopic (exact) mass is 322 g/mol. The topological polar surface area (TPSA) is 15.3 Å². The lowest BCUT2D eigenvalue weighted by Crippen LogP contribution is -2.45. The Morgan fingerprint density at radius 1 is 1.42 bits per heavy atom. The number of hydrogen-bond donors (Lipinski definition) is 1. The lowest BCUT2D eigenvalue weighted by molar-refractivity contribution is 0.174. The molecule has 0 unspecified atom stereocenters. The second-order valence-electron chi connectivity index (χ2n) is 4.93. The zero-order chi connectivity index (χ0) is 12.3. The maximum absolute atomic E-state index is 4.09. The van der Waals surface area contributed by atoms with Crippen LogP contribution in [0.4, 0.5) is 0 Å². The van der Waals surface area contributed by atoms with E-state index in [2.05, 4.69) is 42.1 Å². The minimum Gasteiger partial charge on any atom is -0.314 e. The fourth-order valence-electron chi connectivity index (χ4n) is 2.44. The zero-order valence-electron chi connectivity index (χ0n) is 11.6. The number of nitrogens with one attached hydrogen (secondary N) is 1. The highest BCUT2D eigenvalue weighted by molar-refractivity contribution is 7.10. The maximum Gasteiger partial charge on any atom is 0.0482 e. The molecule has 0 radical (unpaired) electrons. The number of piperazine rings is 1. The van der Waals surface area contributed by atoms with E-state index in [-0.39, 0.29) is 24.8 Å². The van der Waals surface area contributed by atoms with Gasteiger partial charge in [0, 0.05) is 37.1 Å². The van der Waals surface area contributed by atoms with E-state index in [9.17, 15) is 0 Å². The van der Waals surface area contributed by atoms with Crippen LogP contribution in [-0.2, 0) is 0 Å². The molecule has 1 fully saturated rings. The average Bonchev–Trinajstić information content (AvgIpc) is 2.73. The molecule has 0 bridgehead atoms. The molecule has 110 valence electrons. The third-order valence-corrected chi connectivity index (χ3v) is 4.46. The molecule has 0 aromatic carbocycles. The van der Waals surface area contributed by atoms with Crippen LogP contribution in [0.15, 0.2) is 23.6 Å². The Morgan fingerprint density at radius 2 is 2.05 bits per heavy atom. The first-order valence-electron chi connectivity index (χ1n) is 6.31. The molecule has 2 rings (SSSR count). The lowest BCUT2D eigenvalue weighted by atomic mass is 10.0. The molecule has 19 heavy (non-hydrogen) atoms. The van der Waals surface area contributed by atoms with Crippen molar-refractivity contribution in [3.63, 3.8) is 0 Å². The van der Waals surface area contributed by atoms with E-state index in [1.807, 2.05) is 11.3 Å². The Bertz CT molecular complexity index is 387. The van der Waals surface area contributed by atoms with Crippen LogP contribution in [0.3, 0.4) is 0 Å². The fraction of sp³-hybridized carbons (Fsp3) is 0.571. The van der Waals surface area contributed by atoms with Gasteiger partial charge in [0.25, 0.3) is 0 Å². The van der Waals surface area contributed by atoms with Crippen molar-refractivity contribution in [3.8, 4) is 0 Å². The Hall–Kier alpha value is -0.0600. The molecule has 5 heteroatoms. The number of rotatable bonds is 4. The first-order chi connectivity index (χ1) is 8.18. The summed E-state index contributed by atoms with van der Waals surface area (Å²) in [5.74, 6) is 0. The van der Waals surface area contributed by atoms with Crippen LogP contribution in [-0.4, -0.2) is 31.1 Å². The van der Waals surface area contributed by atoms with Gasteiger partial charge >= 0.3 is 0 Å². The van der Waals surface area contributed by atoms with Gasteiger partial charge in [-0.2, -0.15) is 0 Å². The molecule has 0 amide bonds. The Labute approximate surface area is 133 Å². The first kappa shape index (κ1) is 18.9. The number of halogens is 2. The van der Waals surface area contributed by atoms with E-state index in [1.54, 1.807) is 0 Å². The van der Waals surface area contributed by atoms with Crippen molar-refractivity contribution in [1.82, 2.24) is 10.2 Å². The molecule has 2 heterocycles. The summed E-state index contributed by atoms with van der Waals surface area (Å²) in [5, 5.41) is 5.63. The van der Waals surface area contributed by atoms with Crippen LogP contribution >= 0.6 is 36.2 Å². The number of thiophene rings is 1. The van der Waals surface area contributed by atoms with Crippen molar-refractivity contribution >= 4 is 36.2 Å². The summed E-state index contributed by atoms with van der Waals surface area (Å²) in [6.07, 6.45) is 1.08. The first-order valence-corrected chi connectivity index (χ1v) is 7.19. The smallest absolute Gasteiger partial charge is 0.0482 e. The Morgan fingerprint density at radius 3 is 2.53 bits per heavy atom. The molecular weight excluding hydrogens is 299 g/mol. The van der Waals surface area contributed by atoms with Gasteiger partial charge < -0.3 is 5.32 Å². The van der Waals surface area contributed by atoms with Gasteiger partial charge in [0.1, 0.15) is 0 Å². The van der Waals surface area contributed by atoms with Gasteiger partial charge in [-0.3, -0.25) is 4.90 Å². The third kappa shape index (κ3) is 5.09. The van der Waals surface area contributed by atoms with Crippen molar-refractivity contribution in [2.45, 2.75) is 26.3 Å². The minimum atomic E-state index is 0. The summed E-state index contributed by atoms with van der Waals surface area (Å²) in [4.78, 5) is 4.12. The molecule has 0 spiro atoms. The standard InChI is InChI=1S/C14H22N2S.2ClH/c1-11(2)10-13(14-12(3)4-9-17-14)16-7-5-15-6-8-16;;/h4,9,13,15H,1,5-8,10H2,2-3H3;2*1H/t13-;;/m1../s1. The van der Waals surface area contributed by atoms with Crippen LogP contribution in [0.1, 0.15) is 29.8 Å². The highest BCUT2D eigenvalue weighted by atomic mass is 35.5. The molecular formula is C14H24Cl2N2S. The van der Waals surface area contributed by atoms with Gasteiger partial charge in [-0.15, -0.1) is 42.7 Å². The summed E-state index contributed by atoms with van der Waals surface area (Å²) in [6, 6.07) is 2.77. The van der Waals surface area contributed by atoms with Crippen LogP contribution < -0.4 is 5.32 Å². The molecule has 1 saturated heterocycles. The van der Waals surface area contributed by atoms with Crippen molar-refractivity contribution in [1.29, 1.82) is 0 Å². The van der Waals surface area contributed by atoms with Gasteiger partial charge in [0.05, 0.1) is 0 Å². The predicted molar refractivity (Wildman–Crippen MR) is 90.2 cm³/mol. The second-order valence-corrected chi connectivity index (χ2v) is 5.88. The molecule has 1 N–H and O–H groups in total. The van der Waals surface area contributed by atoms with E-state index in [0.717, 1.165) is 32.6 Å². The van der Waals surface area contributed by atoms with Gasteiger partial charge in [0.15, 0.2) is 0 Å². The van der Waals surface area contributed by atoms with Crippen LogP contribution in [0, 0.1) is 6.92 Å². The molecule has 0 saturated carbocycles. The van der Waals surface area contributed by atoms with Gasteiger partial charge in [0.2, 0.25) is 0 Å². The zero-order valence-corrected chi connectivity index (χ0v) is 14.1. The molecule has 1 aliphatic rings. The van der Waals surface area contributed by atoms with Gasteiger partial charge in [-0.1, -0.05) is 5.57 Å². The minimum absolute atomic E-state index is 0. The summed E-state index contributed by atoms with van der Waals surface area (Å²) in [6.45, 7) is 13.0. The normalized spacial score (nSPS) is 17.2. The molecule has 1 aromatic heterocycles. The summed E-state index contributed by atoms with van der Waals surface area (Å²) >= 11 is 1.89. The quantitative estimate of drug-likeness (QED) is 0.848. The summed E-state index contributed by atoms with van der Waals surface area (Å²) < 4.78 is 0. The van der Waals surface area contributed by atoms with Crippen molar-refractivity contribution in [2.75, 3.05) is 26.2 Å². The maximum atomic E-state index is 4.09. The molecule has 0 aliphatic carbocycles. The van der Waals surface area contributed by atoms with Crippen LogP contribution in [0.25, 0.3) is 0 Å². The largest absolute Gasteiger partial charge is 0.314 e. The molecule has 2 nitrogen and oxygen atoms in total. The lowest BCUT2D eigenvalue weighted by Gasteiger charge is -2.35. The Balaban J connectivity index is 0.00000162. The molecule has 1 aliphatic heterocycles. The van der Waals surface area contributed by atoms with Crippen LogP contribution in [0.5, 0.6) is 0 Å². The second kappa shape index (κ2) is 8.98. The van der Waals surface area contributed by atoms with Crippen molar-refractivity contribution < 1.29 is 0 Å². The molecule has 1 atom stereocenters. The predicted octanol–water partition coefficient (Wildman–Crippen LogP) is 3.81. The summed E-state index contributed by atoms with van der Waals surface area (Å²) in [7, 11) is 0.